The average Bonchev–Trinajstić information content (AvgIpc) is 3.11. The van der Waals surface area contributed by atoms with Crippen molar-refractivity contribution in [2.24, 2.45) is 0 Å². The number of rotatable bonds is 7. The minimum Gasteiger partial charge on any atom is -0.483 e. The fourth-order valence-electron chi connectivity index (χ4n) is 7.46. The lowest BCUT2D eigenvalue weighted by atomic mass is 9.86. The molecule has 0 radical (unpaired) electrons. The molecular weight excluding hydrogens is 660 g/mol. The number of hydrogen-bond donors (Lipinski definition) is 1. The minimum absolute atomic E-state index is 0.0496. The standard InChI is InChI=1S/C43H48O9/c1-26(2)33-18-13-27-11-14-29(15-12-27)30(23-28-9-7-6-8-10-28)17-20-36(45)49-39-37-35(52-43(3,4)40(39)51-41(33)46)19-16-31-24-34(42(47)50-38(31)37)32(21-22-44)25-48-5/h6-12,14-16,19,24,30,32,39-40,44H,13,17-18,20-23,25H2,1-5H3. The Balaban J connectivity index is 1.45. The molecule has 4 unspecified atom stereocenters. The average molecular weight is 709 g/mol. The largest absolute Gasteiger partial charge is 0.483 e. The van der Waals surface area contributed by atoms with Gasteiger partial charge in [0.2, 0.25) is 0 Å². The van der Waals surface area contributed by atoms with Gasteiger partial charge in [-0.2, -0.15) is 0 Å². The van der Waals surface area contributed by atoms with Crippen LogP contribution in [-0.4, -0.2) is 49.1 Å². The number of ether oxygens (including phenoxy) is 4. The van der Waals surface area contributed by atoms with Gasteiger partial charge in [0.15, 0.2) is 12.2 Å². The zero-order chi connectivity index (χ0) is 37.0. The molecule has 0 saturated carbocycles. The second-order valence-electron chi connectivity index (χ2n) is 14.6. The van der Waals surface area contributed by atoms with Crippen LogP contribution in [0, 0.1) is 0 Å². The van der Waals surface area contributed by atoms with E-state index in [9.17, 15) is 19.5 Å². The van der Waals surface area contributed by atoms with Crippen LogP contribution in [0.3, 0.4) is 0 Å². The van der Waals surface area contributed by atoms with Crippen molar-refractivity contribution < 1.29 is 38.1 Å². The molecule has 9 heteroatoms. The molecule has 52 heavy (non-hydrogen) atoms. The molecule has 274 valence electrons. The first-order chi connectivity index (χ1) is 25.0. The van der Waals surface area contributed by atoms with E-state index in [1.165, 1.54) is 12.7 Å². The molecule has 0 saturated heterocycles. The number of benzene rings is 3. The van der Waals surface area contributed by atoms with Crippen LogP contribution in [0.25, 0.3) is 11.0 Å². The van der Waals surface area contributed by atoms with Gasteiger partial charge in [0.05, 0.1) is 12.2 Å². The molecule has 0 amide bonds. The van der Waals surface area contributed by atoms with E-state index in [0.29, 0.717) is 53.5 Å². The van der Waals surface area contributed by atoms with E-state index in [1.807, 2.05) is 32.0 Å². The summed E-state index contributed by atoms with van der Waals surface area (Å²) >= 11 is 0. The SMILES string of the molecule is COCC(CCO)c1cc2ccc3c(c2oc1=O)C1OC(=O)CCC(Cc2ccccc2)c2ccc(cc2)CCC(=C(C)C)C(=O)OC1C(C)(C)O3. The summed E-state index contributed by atoms with van der Waals surface area (Å²) in [5.41, 5.74) is 3.90. The Labute approximate surface area is 304 Å². The first kappa shape index (κ1) is 37.0. The number of carbonyl (C=O) groups excluding carboxylic acids is 2. The summed E-state index contributed by atoms with van der Waals surface area (Å²) in [5.74, 6) is -0.973. The predicted octanol–water partition coefficient (Wildman–Crippen LogP) is 7.66. The highest BCUT2D eigenvalue weighted by atomic mass is 16.6. The second-order valence-corrected chi connectivity index (χ2v) is 14.6. The lowest BCUT2D eigenvalue weighted by molar-refractivity contribution is -0.188. The maximum Gasteiger partial charge on any atom is 0.339 e. The number of aryl methyl sites for hydroxylation is 1. The summed E-state index contributed by atoms with van der Waals surface area (Å²) < 4.78 is 30.5. The van der Waals surface area contributed by atoms with Crippen LogP contribution in [0.4, 0.5) is 0 Å². The van der Waals surface area contributed by atoms with Gasteiger partial charge in [-0.3, -0.25) is 4.79 Å². The van der Waals surface area contributed by atoms with Gasteiger partial charge >= 0.3 is 17.6 Å². The van der Waals surface area contributed by atoms with E-state index in [4.69, 9.17) is 23.4 Å². The van der Waals surface area contributed by atoms with Gasteiger partial charge in [0.1, 0.15) is 16.9 Å². The van der Waals surface area contributed by atoms with Crippen molar-refractivity contribution in [3.05, 3.63) is 122 Å². The molecule has 9 nitrogen and oxygen atoms in total. The first-order valence-electron chi connectivity index (χ1n) is 18.1. The fraction of sp³-hybridized carbons (Fsp3) is 0.419. The van der Waals surface area contributed by atoms with Crippen molar-refractivity contribution in [2.45, 2.75) is 95.9 Å². The lowest BCUT2D eigenvalue weighted by Crippen LogP contribution is -2.52. The van der Waals surface area contributed by atoms with Crippen LogP contribution in [0.2, 0.25) is 0 Å². The zero-order valence-electron chi connectivity index (χ0n) is 30.6. The van der Waals surface area contributed by atoms with E-state index in [0.717, 1.165) is 23.1 Å². The van der Waals surface area contributed by atoms with Gasteiger partial charge in [-0.25, -0.2) is 9.59 Å². The van der Waals surface area contributed by atoms with Crippen molar-refractivity contribution >= 4 is 22.9 Å². The van der Waals surface area contributed by atoms with E-state index in [2.05, 4.69) is 36.4 Å². The smallest absolute Gasteiger partial charge is 0.339 e. The van der Waals surface area contributed by atoms with Crippen molar-refractivity contribution in [1.29, 1.82) is 0 Å². The Morgan fingerprint density at radius 3 is 2.38 bits per heavy atom. The Hall–Kier alpha value is -4.73. The van der Waals surface area contributed by atoms with Gasteiger partial charge in [-0.05, 0) is 101 Å². The molecule has 3 aliphatic heterocycles. The second kappa shape index (κ2) is 15.9. The highest BCUT2D eigenvalue weighted by Gasteiger charge is 2.50. The summed E-state index contributed by atoms with van der Waals surface area (Å²) in [6.07, 6.45) is 0.571. The number of fused-ring (bicyclic) bond motifs is 13. The summed E-state index contributed by atoms with van der Waals surface area (Å²) in [4.78, 5) is 41.6. The first-order valence-corrected chi connectivity index (χ1v) is 18.1. The number of carbonyl (C=O) groups is 2. The van der Waals surface area contributed by atoms with Crippen LogP contribution in [0.15, 0.2) is 93.2 Å². The highest BCUT2D eigenvalue weighted by molar-refractivity contribution is 5.90. The van der Waals surface area contributed by atoms with Gasteiger partial charge in [-0.1, -0.05) is 60.2 Å². The van der Waals surface area contributed by atoms with Gasteiger partial charge in [0.25, 0.3) is 0 Å². The number of aliphatic hydroxyl groups excluding tert-OH is 1. The van der Waals surface area contributed by atoms with Crippen molar-refractivity contribution in [3.8, 4) is 5.75 Å². The summed E-state index contributed by atoms with van der Waals surface area (Å²) in [7, 11) is 1.54. The quantitative estimate of drug-likeness (QED) is 0.117. The highest BCUT2D eigenvalue weighted by Crippen LogP contribution is 2.47. The van der Waals surface area contributed by atoms with E-state index in [1.54, 1.807) is 32.0 Å². The normalized spacial score (nSPS) is 21.0. The monoisotopic (exact) mass is 708 g/mol. The number of hydrogen-bond acceptors (Lipinski definition) is 9. The number of aliphatic hydroxyl groups is 1. The van der Waals surface area contributed by atoms with Crippen LogP contribution >= 0.6 is 0 Å². The molecule has 7 rings (SSSR count). The molecular formula is C43H48O9. The summed E-state index contributed by atoms with van der Waals surface area (Å²) in [5, 5.41) is 10.2. The number of esters is 2. The third kappa shape index (κ3) is 8.01. The molecule has 1 aromatic heterocycles. The number of allylic oxidation sites excluding steroid dienone is 1. The van der Waals surface area contributed by atoms with E-state index >= 15 is 0 Å². The molecule has 4 atom stereocenters. The minimum atomic E-state index is -1.14. The number of methoxy groups -OCH3 is 1. The van der Waals surface area contributed by atoms with Gasteiger partial charge < -0.3 is 28.5 Å². The molecule has 3 aromatic carbocycles. The van der Waals surface area contributed by atoms with Crippen molar-refractivity contribution in [2.75, 3.05) is 20.3 Å². The third-order valence-corrected chi connectivity index (χ3v) is 10.3. The Kier molecular flexibility index (Phi) is 11.3. The Morgan fingerprint density at radius 2 is 1.69 bits per heavy atom. The topological polar surface area (TPSA) is 122 Å². The third-order valence-electron chi connectivity index (χ3n) is 10.3. The molecule has 0 fully saturated rings. The fourth-order valence-corrected chi connectivity index (χ4v) is 7.46. The molecule has 0 spiro atoms. The van der Waals surface area contributed by atoms with Crippen molar-refractivity contribution in [3.63, 3.8) is 0 Å². The molecule has 1 N–H and O–H groups in total. The summed E-state index contributed by atoms with van der Waals surface area (Å²) in [6, 6.07) is 23.9. The van der Waals surface area contributed by atoms with Crippen LogP contribution in [0.1, 0.15) is 99.1 Å². The maximum atomic E-state index is 14.0. The molecule has 4 heterocycles. The van der Waals surface area contributed by atoms with E-state index in [-0.39, 0.29) is 31.1 Å². The molecule has 4 aromatic rings. The van der Waals surface area contributed by atoms with Crippen molar-refractivity contribution in [1.82, 2.24) is 0 Å². The Bertz CT molecular complexity index is 1980. The maximum absolute atomic E-state index is 14.0. The molecule has 2 bridgehead atoms. The summed E-state index contributed by atoms with van der Waals surface area (Å²) in [6.45, 7) is 7.44. The lowest BCUT2D eigenvalue weighted by Gasteiger charge is -2.43. The predicted molar refractivity (Wildman–Crippen MR) is 197 cm³/mol. The zero-order valence-corrected chi connectivity index (χ0v) is 30.6. The Morgan fingerprint density at radius 1 is 0.942 bits per heavy atom. The van der Waals surface area contributed by atoms with Crippen LogP contribution in [-0.2, 0) is 36.6 Å². The molecule has 3 aliphatic rings. The molecule has 0 aliphatic carbocycles. The van der Waals surface area contributed by atoms with Crippen LogP contribution < -0.4 is 10.4 Å². The van der Waals surface area contributed by atoms with Crippen LogP contribution in [0.5, 0.6) is 5.75 Å². The van der Waals surface area contributed by atoms with Gasteiger partial charge in [-0.15, -0.1) is 0 Å². The van der Waals surface area contributed by atoms with E-state index < -0.39 is 41.3 Å². The van der Waals surface area contributed by atoms with Gasteiger partial charge in [0, 0.05) is 42.6 Å².